The van der Waals surface area contributed by atoms with Gasteiger partial charge in [-0.2, -0.15) is 9.61 Å². The zero-order chi connectivity index (χ0) is 24.2. The van der Waals surface area contributed by atoms with Gasteiger partial charge in [-0.3, -0.25) is 0 Å². The predicted octanol–water partition coefficient (Wildman–Crippen LogP) is 5.19. The summed E-state index contributed by atoms with van der Waals surface area (Å²) >= 11 is 0. The number of fused-ring (bicyclic) bond motifs is 1. The molecule has 0 saturated carbocycles. The van der Waals surface area contributed by atoms with Crippen molar-refractivity contribution in [2.45, 2.75) is 41.0 Å². The maximum atomic E-state index is 5.22. The highest BCUT2D eigenvalue weighted by Crippen LogP contribution is 2.34. The minimum Gasteiger partial charge on any atom is -0.497 e. The van der Waals surface area contributed by atoms with Gasteiger partial charge in [0.15, 0.2) is 5.65 Å². The van der Waals surface area contributed by atoms with Crippen LogP contribution >= 0.6 is 0 Å². The number of rotatable bonds is 9. The maximum absolute atomic E-state index is 5.22. The third-order valence-corrected chi connectivity index (χ3v) is 6.18. The summed E-state index contributed by atoms with van der Waals surface area (Å²) in [7, 11) is 1.69. The van der Waals surface area contributed by atoms with E-state index in [0.717, 1.165) is 60.2 Å². The SMILES string of the molecule is COc1ccc(CCNCCNc2cc(C)nc3c(-c4c(C)cc(C)cc4C)c(C)nn23)cc1. The van der Waals surface area contributed by atoms with Gasteiger partial charge in [0.1, 0.15) is 11.6 Å². The molecular formula is C28H35N5O. The number of methoxy groups -OCH3 is 1. The van der Waals surface area contributed by atoms with Crippen LogP contribution in [-0.4, -0.2) is 41.3 Å². The number of nitrogens with zero attached hydrogens (tertiary/aromatic N) is 3. The molecule has 0 bridgehead atoms. The first-order chi connectivity index (χ1) is 16.4. The number of nitrogens with one attached hydrogen (secondary N) is 2. The molecule has 6 heteroatoms. The fourth-order valence-corrected chi connectivity index (χ4v) is 4.67. The minimum atomic E-state index is 0.804. The summed E-state index contributed by atoms with van der Waals surface area (Å²) in [6.07, 6.45) is 0.986. The summed E-state index contributed by atoms with van der Waals surface area (Å²) < 4.78 is 7.17. The molecule has 6 nitrogen and oxygen atoms in total. The molecule has 2 N–H and O–H groups in total. The number of aromatic nitrogens is 3. The van der Waals surface area contributed by atoms with Crippen molar-refractivity contribution in [3.05, 3.63) is 76.1 Å². The van der Waals surface area contributed by atoms with Crippen LogP contribution in [0.15, 0.2) is 42.5 Å². The van der Waals surface area contributed by atoms with E-state index in [1.54, 1.807) is 7.11 Å². The Morgan fingerprint density at radius 3 is 2.24 bits per heavy atom. The second-order valence-electron chi connectivity index (χ2n) is 9.03. The Labute approximate surface area is 202 Å². The zero-order valence-electron chi connectivity index (χ0n) is 21.1. The summed E-state index contributed by atoms with van der Waals surface area (Å²) in [6.45, 7) is 13.2. The van der Waals surface area contributed by atoms with Gasteiger partial charge in [0.2, 0.25) is 0 Å². The van der Waals surface area contributed by atoms with Crippen LogP contribution < -0.4 is 15.4 Å². The predicted molar refractivity (Wildman–Crippen MR) is 140 cm³/mol. The number of benzene rings is 2. The third-order valence-electron chi connectivity index (χ3n) is 6.18. The lowest BCUT2D eigenvalue weighted by atomic mass is 9.94. The summed E-state index contributed by atoms with van der Waals surface area (Å²) in [6, 6.07) is 14.8. The van der Waals surface area contributed by atoms with Crippen LogP contribution in [-0.2, 0) is 6.42 Å². The van der Waals surface area contributed by atoms with Crippen molar-refractivity contribution in [3.63, 3.8) is 0 Å². The molecule has 4 rings (SSSR count). The van der Waals surface area contributed by atoms with Gasteiger partial charge in [-0.25, -0.2) is 4.98 Å². The average molecular weight is 458 g/mol. The van der Waals surface area contributed by atoms with Crippen molar-refractivity contribution in [2.24, 2.45) is 0 Å². The molecule has 178 valence electrons. The molecule has 0 aliphatic rings. The standard InChI is InChI=1S/C28H35N5O/c1-18-15-19(2)26(20(3)16-18)27-22(5)32-33-25(17-21(4)31-28(27)33)30-14-13-29-12-11-23-7-9-24(34-6)10-8-23/h7-10,15-17,29-30H,11-14H2,1-6H3. The summed E-state index contributed by atoms with van der Waals surface area (Å²) in [4.78, 5) is 4.88. The van der Waals surface area contributed by atoms with Crippen LogP contribution in [0.1, 0.15) is 33.6 Å². The van der Waals surface area contributed by atoms with Crippen molar-refractivity contribution >= 4 is 11.5 Å². The van der Waals surface area contributed by atoms with E-state index in [1.165, 1.54) is 27.8 Å². The van der Waals surface area contributed by atoms with E-state index in [0.29, 0.717) is 0 Å². The Bertz CT molecular complexity index is 1270. The van der Waals surface area contributed by atoms with Crippen molar-refractivity contribution in [1.29, 1.82) is 0 Å². The van der Waals surface area contributed by atoms with E-state index in [4.69, 9.17) is 14.8 Å². The Morgan fingerprint density at radius 2 is 1.56 bits per heavy atom. The summed E-state index contributed by atoms with van der Waals surface area (Å²) in [5, 5.41) is 11.9. The molecule has 0 aliphatic heterocycles. The van der Waals surface area contributed by atoms with Crippen molar-refractivity contribution in [2.75, 3.05) is 32.1 Å². The molecule has 2 heterocycles. The molecule has 0 aliphatic carbocycles. The first kappa shape index (κ1) is 23.8. The highest BCUT2D eigenvalue weighted by Gasteiger charge is 2.19. The number of ether oxygens (including phenoxy) is 1. The monoisotopic (exact) mass is 457 g/mol. The smallest absolute Gasteiger partial charge is 0.165 e. The molecular weight excluding hydrogens is 422 g/mol. The van der Waals surface area contributed by atoms with Gasteiger partial charge < -0.3 is 15.4 Å². The van der Waals surface area contributed by atoms with Crippen molar-refractivity contribution < 1.29 is 4.74 Å². The molecule has 34 heavy (non-hydrogen) atoms. The third kappa shape index (κ3) is 5.07. The first-order valence-electron chi connectivity index (χ1n) is 11.9. The second kappa shape index (κ2) is 10.3. The summed E-state index contributed by atoms with van der Waals surface area (Å²) in [5.74, 6) is 1.86. The van der Waals surface area contributed by atoms with Crippen LogP contribution in [0.5, 0.6) is 5.75 Å². The van der Waals surface area contributed by atoms with E-state index in [9.17, 15) is 0 Å². The zero-order valence-corrected chi connectivity index (χ0v) is 21.1. The van der Waals surface area contributed by atoms with E-state index < -0.39 is 0 Å². The van der Waals surface area contributed by atoms with Gasteiger partial charge in [0, 0.05) is 24.8 Å². The van der Waals surface area contributed by atoms with E-state index in [1.807, 2.05) is 23.6 Å². The molecule has 0 saturated heterocycles. The lowest BCUT2D eigenvalue weighted by Crippen LogP contribution is -2.25. The Balaban J connectivity index is 1.45. The molecule has 2 aromatic heterocycles. The highest BCUT2D eigenvalue weighted by molar-refractivity contribution is 5.84. The molecule has 4 aromatic rings. The molecule has 0 fully saturated rings. The molecule has 0 atom stereocenters. The largest absolute Gasteiger partial charge is 0.497 e. The number of hydrogen-bond donors (Lipinski definition) is 2. The van der Waals surface area contributed by atoms with Crippen LogP contribution in [0.25, 0.3) is 16.8 Å². The molecule has 0 amide bonds. The number of anilines is 1. The highest BCUT2D eigenvalue weighted by atomic mass is 16.5. The van der Waals surface area contributed by atoms with Crippen molar-refractivity contribution in [1.82, 2.24) is 19.9 Å². The van der Waals surface area contributed by atoms with Crippen LogP contribution in [0.2, 0.25) is 0 Å². The van der Waals surface area contributed by atoms with Crippen molar-refractivity contribution in [3.8, 4) is 16.9 Å². The number of aryl methyl sites for hydroxylation is 5. The lowest BCUT2D eigenvalue weighted by molar-refractivity contribution is 0.414. The molecule has 0 radical (unpaired) electrons. The fourth-order valence-electron chi connectivity index (χ4n) is 4.67. The first-order valence-corrected chi connectivity index (χ1v) is 11.9. The molecule has 0 unspecified atom stereocenters. The minimum absolute atomic E-state index is 0.804. The van der Waals surface area contributed by atoms with E-state index in [-0.39, 0.29) is 0 Å². The second-order valence-corrected chi connectivity index (χ2v) is 9.03. The fraction of sp³-hybridized carbons (Fsp3) is 0.357. The van der Waals surface area contributed by atoms with E-state index >= 15 is 0 Å². The Kier molecular flexibility index (Phi) is 7.17. The van der Waals surface area contributed by atoms with E-state index in [2.05, 4.69) is 68.7 Å². The quantitative estimate of drug-likeness (QED) is 0.339. The van der Waals surface area contributed by atoms with Crippen LogP contribution in [0.4, 0.5) is 5.82 Å². The molecule has 0 spiro atoms. The van der Waals surface area contributed by atoms with Crippen LogP contribution in [0.3, 0.4) is 0 Å². The summed E-state index contributed by atoms with van der Waals surface area (Å²) in [5.41, 5.74) is 10.3. The lowest BCUT2D eigenvalue weighted by Gasteiger charge is -2.13. The normalized spacial score (nSPS) is 11.2. The Morgan fingerprint density at radius 1 is 0.853 bits per heavy atom. The van der Waals surface area contributed by atoms with Gasteiger partial charge >= 0.3 is 0 Å². The Hall–Kier alpha value is -3.38. The van der Waals surface area contributed by atoms with Gasteiger partial charge in [0.25, 0.3) is 0 Å². The topological polar surface area (TPSA) is 63.5 Å². The van der Waals surface area contributed by atoms with Crippen LogP contribution in [0, 0.1) is 34.6 Å². The maximum Gasteiger partial charge on any atom is 0.165 e. The molecule has 2 aromatic carbocycles. The average Bonchev–Trinajstić information content (AvgIpc) is 3.11. The number of hydrogen-bond acceptors (Lipinski definition) is 5. The van der Waals surface area contributed by atoms with Gasteiger partial charge in [-0.15, -0.1) is 0 Å². The van der Waals surface area contributed by atoms with Gasteiger partial charge in [-0.1, -0.05) is 29.8 Å². The van der Waals surface area contributed by atoms with Gasteiger partial charge in [0.05, 0.1) is 18.4 Å². The van der Waals surface area contributed by atoms with Gasteiger partial charge in [-0.05, 0) is 82.0 Å².